The lowest BCUT2D eigenvalue weighted by Gasteiger charge is -2.32. The molecule has 202 valence electrons. The predicted octanol–water partition coefficient (Wildman–Crippen LogP) is 5.70. The van der Waals surface area contributed by atoms with Gasteiger partial charge in [-0.2, -0.15) is 0 Å². The van der Waals surface area contributed by atoms with E-state index in [1.165, 1.54) is 17.0 Å². The SMILES string of the molecule is CCNC(=O)[C@@H](C)N(Cc1c(Cl)cccc1Cl)C(=O)CN(c1cccc(Cl)c1C)S(=O)(=O)c1ccccc1. The van der Waals surface area contributed by atoms with Crippen LogP contribution < -0.4 is 9.62 Å². The number of nitrogens with one attached hydrogen (secondary N) is 1. The maximum absolute atomic E-state index is 13.9. The summed E-state index contributed by atoms with van der Waals surface area (Å²) in [7, 11) is -4.19. The standard InChI is InChI=1S/C27H28Cl3N3O4S/c1-4-31-27(35)19(3)32(16-21-23(29)13-8-14-24(21)30)26(34)17-33(25-15-9-12-22(28)18(25)2)38(36,37)20-10-6-5-7-11-20/h5-15,19H,4,16-17H2,1-3H3,(H,31,35)/t19-/m1/s1. The molecule has 1 atom stereocenters. The van der Waals surface area contributed by atoms with Crippen molar-refractivity contribution < 1.29 is 18.0 Å². The maximum Gasteiger partial charge on any atom is 0.264 e. The lowest BCUT2D eigenvalue weighted by molar-refractivity contribution is -0.139. The third-order valence-electron chi connectivity index (χ3n) is 6.03. The topological polar surface area (TPSA) is 86.8 Å². The van der Waals surface area contributed by atoms with E-state index in [2.05, 4.69) is 5.32 Å². The lowest BCUT2D eigenvalue weighted by atomic mass is 10.1. The Morgan fingerprint density at radius 2 is 1.47 bits per heavy atom. The molecule has 7 nitrogen and oxygen atoms in total. The molecule has 38 heavy (non-hydrogen) atoms. The van der Waals surface area contributed by atoms with Gasteiger partial charge in [-0.05, 0) is 62.7 Å². The zero-order valence-electron chi connectivity index (χ0n) is 21.1. The monoisotopic (exact) mass is 595 g/mol. The van der Waals surface area contributed by atoms with Gasteiger partial charge in [0.05, 0.1) is 10.6 Å². The van der Waals surface area contributed by atoms with E-state index >= 15 is 0 Å². The van der Waals surface area contributed by atoms with Crippen molar-refractivity contribution in [1.82, 2.24) is 10.2 Å². The smallest absolute Gasteiger partial charge is 0.264 e. The summed E-state index contributed by atoms with van der Waals surface area (Å²) < 4.78 is 28.6. The molecule has 3 aromatic rings. The van der Waals surface area contributed by atoms with Gasteiger partial charge in [0, 0.05) is 33.7 Å². The third-order valence-corrected chi connectivity index (χ3v) is 8.92. The first-order valence-corrected chi connectivity index (χ1v) is 14.4. The summed E-state index contributed by atoms with van der Waals surface area (Å²) in [4.78, 5) is 28.0. The summed E-state index contributed by atoms with van der Waals surface area (Å²) in [5, 5.41) is 3.69. The average molecular weight is 597 g/mol. The molecule has 0 bridgehead atoms. The van der Waals surface area contributed by atoms with Crippen LogP contribution in [-0.4, -0.2) is 44.3 Å². The van der Waals surface area contributed by atoms with Crippen molar-refractivity contribution in [3.8, 4) is 0 Å². The van der Waals surface area contributed by atoms with Crippen LogP contribution in [0.4, 0.5) is 5.69 Å². The van der Waals surface area contributed by atoms with E-state index in [1.807, 2.05) is 0 Å². The minimum Gasteiger partial charge on any atom is -0.355 e. The summed E-state index contributed by atoms with van der Waals surface area (Å²) >= 11 is 19.1. The van der Waals surface area contributed by atoms with Gasteiger partial charge < -0.3 is 10.2 Å². The summed E-state index contributed by atoms with van der Waals surface area (Å²) in [6.45, 7) is 4.66. The number of amides is 2. The number of hydrogen-bond acceptors (Lipinski definition) is 4. The van der Waals surface area contributed by atoms with Crippen LogP contribution in [-0.2, 0) is 26.2 Å². The van der Waals surface area contributed by atoms with Crippen molar-refractivity contribution in [1.29, 1.82) is 0 Å². The molecule has 0 saturated carbocycles. The number of benzene rings is 3. The van der Waals surface area contributed by atoms with E-state index in [4.69, 9.17) is 34.8 Å². The van der Waals surface area contributed by atoms with Gasteiger partial charge in [0.1, 0.15) is 12.6 Å². The van der Waals surface area contributed by atoms with Crippen molar-refractivity contribution in [3.63, 3.8) is 0 Å². The number of likely N-dealkylation sites (N-methyl/N-ethyl adjacent to an activating group) is 1. The quantitative estimate of drug-likeness (QED) is 0.325. The van der Waals surface area contributed by atoms with Gasteiger partial charge in [0.25, 0.3) is 10.0 Å². The van der Waals surface area contributed by atoms with Gasteiger partial charge in [-0.3, -0.25) is 13.9 Å². The zero-order valence-corrected chi connectivity index (χ0v) is 24.2. The number of sulfonamides is 1. The molecule has 0 aliphatic rings. The number of rotatable bonds is 10. The molecule has 0 aliphatic carbocycles. The van der Waals surface area contributed by atoms with Crippen molar-refractivity contribution in [2.75, 3.05) is 17.4 Å². The van der Waals surface area contributed by atoms with Gasteiger partial charge in [0.2, 0.25) is 11.8 Å². The molecule has 0 aromatic heterocycles. The number of anilines is 1. The lowest BCUT2D eigenvalue weighted by Crippen LogP contribution is -2.51. The molecule has 0 heterocycles. The molecule has 0 unspecified atom stereocenters. The Hall–Kier alpha value is -2.78. The molecule has 0 aliphatic heterocycles. The first kappa shape index (κ1) is 29.8. The van der Waals surface area contributed by atoms with Gasteiger partial charge in [-0.15, -0.1) is 0 Å². The summed E-state index contributed by atoms with van der Waals surface area (Å²) in [6.07, 6.45) is 0. The molecule has 0 radical (unpaired) electrons. The molecule has 0 spiro atoms. The third kappa shape index (κ3) is 6.61. The van der Waals surface area contributed by atoms with E-state index in [0.29, 0.717) is 32.7 Å². The Morgan fingerprint density at radius 3 is 2.08 bits per heavy atom. The van der Waals surface area contributed by atoms with Gasteiger partial charge >= 0.3 is 0 Å². The highest BCUT2D eigenvalue weighted by Crippen LogP contribution is 2.32. The Balaban J connectivity index is 2.10. The number of halogens is 3. The summed E-state index contributed by atoms with van der Waals surface area (Å²) in [5.74, 6) is -1.03. The number of hydrogen-bond donors (Lipinski definition) is 1. The molecule has 11 heteroatoms. The highest BCUT2D eigenvalue weighted by Gasteiger charge is 2.33. The van der Waals surface area contributed by atoms with Gasteiger partial charge in [-0.1, -0.05) is 65.1 Å². The Labute approximate surface area is 238 Å². The van der Waals surface area contributed by atoms with E-state index in [-0.39, 0.29) is 17.1 Å². The highest BCUT2D eigenvalue weighted by molar-refractivity contribution is 7.92. The van der Waals surface area contributed by atoms with Crippen LogP contribution in [0.5, 0.6) is 0 Å². The van der Waals surface area contributed by atoms with Crippen LogP contribution in [0.2, 0.25) is 15.1 Å². The highest BCUT2D eigenvalue weighted by atomic mass is 35.5. The minimum atomic E-state index is -4.19. The summed E-state index contributed by atoms with van der Waals surface area (Å²) in [6, 6.07) is 16.6. The van der Waals surface area contributed by atoms with E-state index < -0.39 is 34.4 Å². The van der Waals surface area contributed by atoms with Crippen LogP contribution in [0, 0.1) is 6.92 Å². The molecule has 0 saturated heterocycles. The number of nitrogens with zero attached hydrogens (tertiary/aromatic N) is 2. The Morgan fingerprint density at radius 1 is 0.895 bits per heavy atom. The van der Waals surface area contributed by atoms with Crippen LogP contribution in [0.25, 0.3) is 0 Å². The van der Waals surface area contributed by atoms with E-state index in [1.54, 1.807) is 75.4 Å². The van der Waals surface area contributed by atoms with Crippen molar-refractivity contribution in [2.45, 2.75) is 38.3 Å². The molecule has 3 aromatic carbocycles. The van der Waals surface area contributed by atoms with Gasteiger partial charge in [0.15, 0.2) is 0 Å². The van der Waals surface area contributed by atoms with Crippen molar-refractivity contribution in [2.24, 2.45) is 0 Å². The number of carbonyl (C=O) groups is 2. The molecule has 2 amide bonds. The number of carbonyl (C=O) groups excluding carboxylic acids is 2. The Bertz CT molecular complexity index is 1400. The predicted molar refractivity (Wildman–Crippen MR) is 152 cm³/mol. The van der Waals surface area contributed by atoms with E-state index in [9.17, 15) is 18.0 Å². The second kappa shape index (κ2) is 12.8. The van der Waals surface area contributed by atoms with Crippen molar-refractivity contribution in [3.05, 3.63) is 92.9 Å². The second-order valence-corrected chi connectivity index (χ2v) is 11.6. The van der Waals surface area contributed by atoms with Gasteiger partial charge in [-0.25, -0.2) is 8.42 Å². The largest absolute Gasteiger partial charge is 0.355 e. The second-order valence-electron chi connectivity index (χ2n) is 8.50. The first-order valence-electron chi connectivity index (χ1n) is 11.8. The van der Waals surface area contributed by atoms with Crippen LogP contribution in [0.15, 0.2) is 71.6 Å². The molecule has 1 N–H and O–H groups in total. The molecular weight excluding hydrogens is 569 g/mol. The fourth-order valence-electron chi connectivity index (χ4n) is 3.86. The zero-order chi connectivity index (χ0) is 28.0. The van der Waals surface area contributed by atoms with Crippen molar-refractivity contribution >= 4 is 62.3 Å². The maximum atomic E-state index is 13.9. The van der Waals surface area contributed by atoms with Crippen LogP contribution in [0.3, 0.4) is 0 Å². The fourth-order valence-corrected chi connectivity index (χ4v) is 6.04. The summed E-state index contributed by atoms with van der Waals surface area (Å²) in [5.41, 5.74) is 1.17. The van der Waals surface area contributed by atoms with Crippen LogP contribution >= 0.6 is 34.8 Å². The average Bonchev–Trinajstić information content (AvgIpc) is 2.89. The first-order chi connectivity index (χ1) is 18.0. The fraction of sp³-hybridized carbons (Fsp3) is 0.259. The molecule has 3 rings (SSSR count). The minimum absolute atomic E-state index is 0.00430. The Kier molecular flexibility index (Phi) is 10.1. The van der Waals surface area contributed by atoms with E-state index in [0.717, 1.165) is 4.31 Å². The molecule has 0 fully saturated rings. The molecular formula is C27H28Cl3N3O4S. The normalized spacial score (nSPS) is 12.1. The van der Waals surface area contributed by atoms with Crippen LogP contribution in [0.1, 0.15) is 25.0 Å².